The molecule has 0 bridgehead atoms. The molecular formula is C12H23N3O2. The van der Waals surface area contributed by atoms with E-state index in [2.05, 4.69) is 5.32 Å². The van der Waals surface area contributed by atoms with Crippen LogP contribution in [0, 0.1) is 0 Å². The van der Waals surface area contributed by atoms with Crippen molar-refractivity contribution in [1.82, 2.24) is 15.1 Å². The number of amides is 3. The van der Waals surface area contributed by atoms with Crippen molar-refractivity contribution in [3.05, 3.63) is 0 Å². The summed E-state index contributed by atoms with van der Waals surface area (Å²) < 4.78 is 0. The fraction of sp³-hybridized carbons (Fsp3) is 0.833. The molecule has 5 nitrogen and oxygen atoms in total. The molecule has 1 fully saturated rings. The average Bonchev–Trinajstić information content (AvgIpc) is 2.29. The fourth-order valence-electron chi connectivity index (χ4n) is 1.95. The number of carbonyl (C=O) groups is 2. The zero-order chi connectivity index (χ0) is 12.8. The largest absolute Gasteiger partial charge is 0.347 e. The maximum Gasteiger partial charge on any atom is 0.317 e. The van der Waals surface area contributed by atoms with Crippen molar-refractivity contribution >= 4 is 11.9 Å². The molecule has 0 atom stereocenters. The van der Waals surface area contributed by atoms with Crippen LogP contribution in [0.25, 0.3) is 0 Å². The monoisotopic (exact) mass is 241 g/mol. The van der Waals surface area contributed by atoms with Crippen LogP contribution in [-0.2, 0) is 4.79 Å². The van der Waals surface area contributed by atoms with Gasteiger partial charge < -0.3 is 15.1 Å². The smallest absolute Gasteiger partial charge is 0.317 e. The van der Waals surface area contributed by atoms with Gasteiger partial charge in [-0.15, -0.1) is 0 Å². The third-order valence-electron chi connectivity index (χ3n) is 3.15. The number of likely N-dealkylation sites (N-methyl/N-ethyl adjacent to an activating group) is 2. The van der Waals surface area contributed by atoms with E-state index in [1.54, 1.807) is 21.1 Å². The summed E-state index contributed by atoms with van der Waals surface area (Å²) in [5.74, 6) is -0.0636. The molecule has 17 heavy (non-hydrogen) atoms. The molecule has 1 saturated carbocycles. The summed E-state index contributed by atoms with van der Waals surface area (Å²) in [5.41, 5.74) is 0. The fourth-order valence-corrected chi connectivity index (χ4v) is 1.95. The quantitative estimate of drug-likeness (QED) is 0.803. The highest BCUT2D eigenvalue weighted by Gasteiger charge is 2.19. The number of hydrogen-bond donors (Lipinski definition) is 1. The minimum Gasteiger partial charge on any atom is -0.347 e. The van der Waals surface area contributed by atoms with Gasteiger partial charge in [-0.3, -0.25) is 4.79 Å². The minimum absolute atomic E-state index is 0.0636. The van der Waals surface area contributed by atoms with E-state index in [-0.39, 0.29) is 24.5 Å². The van der Waals surface area contributed by atoms with Crippen LogP contribution in [-0.4, -0.2) is 55.5 Å². The summed E-state index contributed by atoms with van der Waals surface area (Å²) >= 11 is 0. The molecular weight excluding hydrogens is 218 g/mol. The van der Waals surface area contributed by atoms with Crippen molar-refractivity contribution in [1.29, 1.82) is 0 Å². The van der Waals surface area contributed by atoms with Crippen LogP contribution in [0.3, 0.4) is 0 Å². The first-order chi connectivity index (χ1) is 8.00. The van der Waals surface area contributed by atoms with Crippen LogP contribution in [0.4, 0.5) is 4.79 Å². The summed E-state index contributed by atoms with van der Waals surface area (Å²) in [6.07, 6.45) is 5.75. The van der Waals surface area contributed by atoms with E-state index in [4.69, 9.17) is 0 Å². The lowest BCUT2D eigenvalue weighted by atomic mass is 9.96. The summed E-state index contributed by atoms with van der Waals surface area (Å²) in [5, 5.41) is 2.98. The maximum atomic E-state index is 11.8. The molecule has 0 unspecified atom stereocenters. The molecule has 1 aliphatic carbocycles. The zero-order valence-electron chi connectivity index (χ0n) is 11.0. The highest BCUT2D eigenvalue weighted by Crippen LogP contribution is 2.17. The van der Waals surface area contributed by atoms with Crippen molar-refractivity contribution in [2.75, 3.05) is 27.7 Å². The molecule has 1 rings (SSSR count). The van der Waals surface area contributed by atoms with Gasteiger partial charge in [-0.2, -0.15) is 0 Å². The number of nitrogens with zero attached hydrogens (tertiary/aromatic N) is 2. The van der Waals surface area contributed by atoms with Crippen molar-refractivity contribution in [2.45, 2.75) is 38.1 Å². The Balaban J connectivity index is 2.33. The Hall–Kier alpha value is -1.26. The molecule has 0 radical (unpaired) electrons. The molecule has 3 amide bonds. The van der Waals surface area contributed by atoms with Crippen LogP contribution < -0.4 is 5.32 Å². The third kappa shape index (κ3) is 4.63. The van der Waals surface area contributed by atoms with Gasteiger partial charge in [0, 0.05) is 27.2 Å². The topological polar surface area (TPSA) is 52.7 Å². The Morgan fingerprint density at radius 2 is 1.71 bits per heavy atom. The second-order valence-electron chi connectivity index (χ2n) is 4.93. The molecule has 0 spiro atoms. The van der Waals surface area contributed by atoms with Gasteiger partial charge in [0.25, 0.3) is 0 Å². The van der Waals surface area contributed by atoms with E-state index in [1.165, 1.54) is 29.1 Å². The predicted molar refractivity (Wildman–Crippen MR) is 66.7 cm³/mol. The molecule has 0 aromatic carbocycles. The Bertz CT molecular complexity index is 273. The lowest BCUT2D eigenvalue weighted by Gasteiger charge is -2.26. The first-order valence-electron chi connectivity index (χ1n) is 6.22. The number of rotatable bonds is 3. The van der Waals surface area contributed by atoms with E-state index in [0.29, 0.717) is 0 Å². The Kier molecular flexibility index (Phi) is 5.25. The normalized spacial score (nSPS) is 16.4. The average molecular weight is 241 g/mol. The molecule has 1 aliphatic rings. The lowest BCUT2D eigenvalue weighted by Crippen LogP contribution is -2.46. The second kappa shape index (κ2) is 6.47. The van der Waals surface area contributed by atoms with Crippen LogP contribution in [0.5, 0.6) is 0 Å². The highest BCUT2D eigenvalue weighted by atomic mass is 16.2. The van der Waals surface area contributed by atoms with Crippen LogP contribution >= 0.6 is 0 Å². The molecule has 0 aromatic heterocycles. The molecule has 1 N–H and O–H groups in total. The van der Waals surface area contributed by atoms with E-state index in [9.17, 15) is 9.59 Å². The zero-order valence-corrected chi connectivity index (χ0v) is 11.0. The van der Waals surface area contributed by atoms with Crippen molar-refractivity contribution in [3.8, 4) is 0 Å². The van der Waals surface area contributed by atoms with E-state index >= 15 is 0 Å². The summed E-state index contributed by atoms with van der Waals surface area (Å²) in [4.78, 5) is 26.2. The molecule has 0 saturated heterocycles. The first-order valence-corrected chi connectivity index (χ1v) is 6.22. The van der Waals surface area contributed by atoms with Gasteiger partial charge in [0.15, 0.2) is 0 Å². The van der Waals surface area contributed by atoms with Gasteiger partial charge in [-0.1, -0.05) is 19.3 Å². The van der Waals surface area contributed by atoms with Gasteiger partial charge in [-0.05, 0) is 12.8 Å². The summed E-state index contributed by atoms with van der Waals surface area (Å²) in [6.45, 7) is 0.131. The van der Waals surface area contributed by atoms with E-state index in [0.717, 1.165) is 12.8 Å². The van der Waals surface area contributed by atoms with Crippen molar-refractivity contribution < 1.29 is 9.59 Å². The molecule has 5 heteroatoms. The summed E-state index contributed by atoms with van der Waals surface area (Å²) in [7, 11) is 5.03. The third-order valence-corrected chi connectivity index (χ3v) is 3.15. The minimum atomic E-state index is -0.146. The standard InChI is InChI=1S/C12H23N3O2/c1-14(2)11(16)9-15(3)12(17)13-10-7-5-4-6-8-10/h10H,4-9H2,1-3H3,(H,13,17). The van der Waals surface area contributed by atoms with Crippen LogP contribution in [0.1, 0.15) is 32.1 Å². The van der Waals surface area contributed by atoms with Gasteiger partial charge in [0.2, 0.25) is 5.91 Å². The number of hydrogen-bond acceptors (Lipinski definition) is 2. The molecule has 0 aliphatic heterocycles. The first kappa shape index (κ1) is 13.8. The Morgan fingerprint density at radius 1 is 1.12 bits per heavy atom. The van der Waals surface area contributed by atoms with Gasteiger partial charge in [-0.25, -0.2) is 4.79 Å². The van der Waals surface area contributed by atoms with Crippen LogP contribution in [0.2, 0.25) is 0 Å². The van der Waals surface area contributed by atoms with E-state index < -0.39 is 0 Å². The van der Waals surface area contributed by atoms with Gasteiger partial charge in [0.1, 0.15) is 6.54 Å². The van der Waals surface area contributed by atoms with Crippen LogP contribution in [0.15, 0.2) is 0 Å². The van der Waals surface area contributed by atoms with Crippen molar-refractivity contribution in [2.24, 2.45) is 0 Å². The molecule has 98 valence electrons. The van der Waals surface area contributed by atoms with E-state index in [1.807, 2.05) is 0 Å². The number of carbonyl (C=O) groups excluding carboxylic acids is 2. The lowest BCUT2D eigenvalue weighted by molar-refractivity contribution is -0.129. The van der Waals surface area contributed by atoms with Gasteiger partial charge >= 0.3 is 6.03 Å². The van der Waals surface area contributed by atoms with Gasteiger partial charge in [0.05, 0.1) is 0 Å². The Labute approximate surface area is 103 Å². The highest BCUT2D eigenvalue weighted by molar-refractivity contribution is 5.83. The Morgan fingerprint density at radius 3 is 2.24 bits per heavy atom. The SMILES string of the molecule is CN(C)C(=O)CN(C)C(=O)NC1CCCCC1. The molecule has 0 aromatic rings. The predicted octanol–water partition coefficient (Wildman–Crippen LogP) is 1.05. The second-order valence-corrected chi connectivity index (χ2v) is 4.93. The molecule has 0 heterocycles. The number of urea groups is 1. The summed E-state index contributed by atoms with van der Waals surface area (Å²) in [6, 6.07) is 0.139. The van der Waals surface area contributed by atoms with Crippen molar-refractivity contribution in [3.63, 3.8) is 0 Å². The number of nitrogens with one attached hydrogen (secondary N) is 1. The maximum absolute atomic E-state index is 11.8.